The van der Waals surface area contributed by atoms with Gasteiger partial charge in [0.25, 0.3) is 11.7 Å². The van der Waals surface area contributed by atoms with Crippen LogP contribution in [-0.4, -0.2) is 16.0 Å². The highest BCUT2D eigenvalue weighted by atomic mass is 16.5. The number of hydrogen-bond donors (Lipinski definition) is 2. The molecule has 1 aromatic carbocycles. The minimum atomic E-state index is -0.685. The zero-order chi connectivity index (χ0) is 11.8. The summed E-state index contributed by atoms with van der Waals surface area (Å²) in [5.41, 5.74) is 7.31. The smallest absolute Gasteiger partial charge is 0.290 e. The third-order valence-electron chi connectivity index (χ3n) is 2.73. The van der Waals surface area contributed by atoms with E-state index in [1.165, 1.54) is 5.56 Å². The molecule has 6 heteroatoms. The summed E-state index contributed by atoms with van der Waals surface area (Å²) in [6, 6.07) is 7.87. The van der Waals surface area contributed by atoms with Gasteiger partial charge in [-0.1, -0.05) is 23.4 Å². The Hall–Kier alpha value is -2.37. The first-order valence-corrected chi connectivity index (χ1v) is 5.22. The van der Waals surface area contributed by atoms with Crippen molar-refractivity contribution in [1.29, 1.82) is 0 Å². The second-order valence-corrected chi connectivity index (χ2v) is 3.88. The maximum atomic E-state index is 10.9. The summed E-state index contributed by atoms with van der Waals surface area (Å²) in [4.78, 5) is 14.8. The highest BCUT2D eigenvalue weighted by molar-refractivity contribution is 5.88. The third kappa shape index (κ3) is 1.63. The molecule has 0 saturated carbocycles. The number of nitrogens with two attached hydrogens (primary N) is 1. The first-order valence-electron chi connectivity index (χ1n) is 5.22. The van der Waals surface area contributed by atoms with E-state index in [9.17, 15) is 4.79 Å². The SMILES string of the molecule is NC(=O)c1noc(C2Cc3ccccc3N2)n1. The van der Waals surface area contributed by atoms with E-state index in [2.05, 4.69) is 15.5 Å². The number of nitrogens with one attached hydrogen (secondary N) is 1. The summed E-state index contributed by atoms with van der Waals surface area (Å²) < 4.78 is 5.02. The highest BCUT2D eigenvalue weighted by Gasteiger charge is 2.27. The van der Waals surface area contributed by atoms with Crippen molar-refractivity contribution in [2.75, 3.05) is 5.32 Å². The quantitative estimate of drug-likeness (QED) is 0.798. The third-order valence-corrected chi connectivity index (χ3v) is 2.73. The van der Waals surface area contributed by atoms with Gasteiger partial charge in [0, 0.05) is 12.1 Å². The molecule has 0 saturated heterocycles. The fourth-order valence-electron chi connectivity index (χ4n) is 1.92. The Bertz CT molecular complexity index is 553. The Labute approximate surface area is 96.8 Å². The van der Waals surface area contributed by atoms with Gasteiger partial charge in [-0.2, -0.15) is 4.98 Å². The summed E-state index contributed by atoms with van der Waals surface area (Å²) in [5, 5.41) is 6.78. The summed E-state index contributed by atoms with van der Waals surface area (Å²) >= 11 is 0. The molecule has 1 amide bonds. The van der Waals surface area contributed by atoms with Gasteiger partial charge in [0.15, 0.2) is 0 Å². The number of aromatic nitrogens is 2. The molecular weight excluding hydrogens is 220 g/mol. The predicted molar refractivity (Wildman–Crippen MR) is 59.3 cm³/mol. The normalized spacial score (nSPS) is 17.5. The molecule has 1 aromatic heterocycles. The topological polar surface area (TPSA) is 94.0 Å². The van der Waals surface area contributed by atoms with E-state index in [-0.39, 0.29) is 11.9 Å². The van der Waals surface area contributed by atoms with Gasteiger partial charge >= 0.3 is 0 Å². The molecule has 2 aromatic rings. The standard InChI is InChI=1S/C11H10N4O2/c12-9(16)10-14-11(17-15-10)8-5-6-3-1-2-4-7(6)13-8/h1-4,8,13H,5H2,(H2,12,16). The van der Waals surface area contributed by atoms with Gasteiger partial charge in [0.2, 0.25) is 5.89 Å². The monoisotopic (exact) mass is 230 g/mol. The molecule has 17 heavy (non-hydrogen) atoms. The van der Waals surface area contributed by atoms with Crippen LogP contribution < -0.4 is 11.1 Å². The second-order valence-electron chi connectivity index (χ2n) is 3.88. The molecule has 0 spiro atoms. The van der Waals surface area contributed by atoms with Crippen molar-refractivity contribution in [2.45, 2.75) is 12.5 Å². The first-order chi connectivity index (χ1) is 8.24. The number of fused-ring (bicyclic) bond motifs is 1. The van der Waals surface area contributed by atoms with Gasteiger partial charge in [-0.05, 0) is 11.6 Å². The molecule has 0 fully saturated rings. The number of para-hydroxylation sites is 1. The van der Waals surface area contributed by atoms with Crippen LogP contribution in [0.2, 0.25) is 0 Å². The number of rotatable bonds is 2. The molecule has 0 radical (unpaired) electrons. The number of primary amides is 1. The van der Waals surface area contributed by atoms with Gasteiger partial charge in [-0.25, -0.2) is 0 Å². The molecule has 2 heterocycles. The van der Waals surface area contributed by atoms with Crippen LogP contribution in [0.3, 0.4) is 0 Å². The average Bonchev–Trinajstić information content (AvgIpc) is 2.95. The Balaban J connectivity index is 1.86. The number of hydrogen-bond acceptors (Lipinski definition) is 5. The number of nitrogens with zero attached hydrogens (tertiary/aromatic N) is 2. The summed E-state index contributed by atoms with van der Waals surface area (Å²) in [5.74, 6) is -0.386. The van der Waals surface area contributed by atoms with E-state index in [0.717, 1.165) is 12.1 Å². The van der Waals surface area contributed by atoms with E-state index in [1.54, 1.807) is 0 Å². The van der Waals surface area contributed by atoms with Crippen molar-refractivity contribution in [3.05, 3.63) is 41.5 Å². The highest BCUT2D eigenvalue weighted by Crippen LogP contribution is 2.32. The van der Waals surface area contributed by atoms with E-state index < -0.39 is 5.91 Å². The summed E-state index contributed by atoms with van der Waals surface area (Å²) in [7, 11) is 0. The van der Waals surface area contributed by atoms with Crippen molar-refractivity contribution in [1.82, 2.24) is 10.1 Å². The molecule has 1 unspecified atom stereocenters. The van der Waals surface area contributed by atoms with Gasteiger partial charge in [0.05, 0.1) is 0 Å². The first kappa shape index (κ1) is 9.83. The van der Waals surface area contributed by atoms with E-state index in [1.807, 2.05) is 24.3 Å². The molecule has 3 N–H and O–H groups in total. The minimum Gasteiger partial charge on any atom is -0.373 e. The molecule has 3 rings (SSSR count). The molecule has 1 atom stereocenters. The predicted octanol–water partition coefficient (Wildman–Crippen LogP) is 0.878. The van der Waals surface area contributed by atoms with Crippen LogP contribution in [0.15, 0.2) is 28.8 Å². The molecule has 0 aliphatic carbocycles. The summed E-state index contributed by atoms with van der Waals surface area (Å²) in [6.45, 7) is 0. The lowest BCUT2D eigenvalue weighted by atomic mass is 10.1. The lowest BCUT2D eigenvalue weighted by Crippen LogP contribution is -2.13. The Kier molecular flexibility index (Phi) is 2.07. The van der Waals surface area contributed by atoms with Crippen molar-refractivity contribution in [3.63, 3.8) is 0 Å². The maximum absolute atomic E-state index is 10.9. The fraction of sp³-hybridized carbons (Fsp3) is 0.182. The molecule has 6 nitrogen and oxygen atoms in total. The van der Waals surface area contributed by atoms with E-state index >= 15 is 0 Å². The second kappa shape index (κ2) is 3.58. The van der Waals surface area contributed by atoms with Gasteiger partial charge < -0.3 is 15.6 Å². The number of anilines is 1. The Morgan fingerprint density at radius 3 is 3.00 bits per heavy atom. The minimum absolute atomic E-state index is 0.0854. The van der Waals surface area contributed by atoms with Gasteiger partial charge in [0.1, 0.15) is 6.04 Å². The van der Waals surface area contributed by atoms with E-state index in [4.69, 9.17) is 10.3 Å². The van der Waals surface area contributed by atoms with Crippen LogP contribution in [-0.2, 0) is 6.42 Å². The van der Waals surface area contributed by atoms with Crippen LogP contribution >= 0.6 is 0 Å². The molecular formula is C11H10N4O2. The zero-order valence-corrected chi connectivity index (χ0v) is 8.88. The van der Waals surface area contributed by atoms with Gasteiger partial charge in [-0.15, -0.1) is 0 Å². The van der Waals surface area contributed by atoms with Crippen LogP contribution in [0.5, 0.6) is 0 Å². The van der Waals surface area contributed by atoms with Crippen molar-refractivity contribution >= 4 is 11.6 Å². The maximum Gasteiger partial charge on any atom is 0.290 e. The largest absolute Gasteiger partial charge is 0.373 e. The molecule has 1 aliphatic rings. The number of carbonyl (C=O) groups excluding carboxylic acids is 1. The number of amides is 1. The van der Waals surface area contributed by atoms with Crippen molar-refractivity contribution < 1.29 is 9.32 Å². The fourth-order valence-corrected chi connectivity index (χ4v) is 1.92. The molecule has 0 bridgehead atoms. The average molecular weight is 230 g/mol. The molecule has 86 valence electrons. The molecule has 1 aliphatic heterocycles. The lowest BCUT2D eigenvalue weighted by molar-refractivity contribution is 0.0987. The summed E-state index contributed by atoms with van der Waals surface area (Å²) in [6.07, 6.45) is 0.760. The van der Waals surface area contributed by atoms with Crippen LogP contribution in [0, 0.1) is 0 Å². The van der Waals surface area contributed by atoms with Gasteiger partial charge in [-0.3, -0.25) is 4.79 Å². The Morgan fingerprint density at radius 1 is 1.47 bits per heavy atom. The Morgan fingerprint density at radius 2 is 2.29 bits per heavy atom. The zero-order valence-electron chi connectivity index (χ0n) is 8.88. The van der Waals surface area contributed by atoms with Crippen LogP contribution in [0.4, 0.5) is 5.69 Å². The van der Waals surface area contributed by atoms with Crippen LogP contribution in [0.1, 0.15) is 28.1 Å². The van der Waals surface area contributed by atoms with Crippen molar-refractivity contribution in [3.8, 4) is 0 Å². The van der Waals surface area contributed by atoms with Crippen LogP contribution in [0.25, 0.3) is 0 Å². The van der Waals surface area contributed by atoms with Crippen molar-refractivity contribution in [2.24, 2.45) is 5.73 Å². The lowest BCUT2D eigenvalue weighted by Gasteiger charge is -2.04. The number of carbonyl (C=O) groups is 1. The van der Waals surface area contributed by atoms with E-state index in [0.29, 0.717) is 5.89 Å². The number of benzene rings is 1.